The van der Waals surface area contributed by atoms with Gasteiger partial charge in [0.2, 0.25) is 0 Å². The zero-order valence-corrected chi connectivity index (χ0v) is 10.0. The Labute approximate surface area is 102 Å². The van der Waals surface area contributed by atoms with Gasteiger partial charge >= 0.3 is 0 Å². The van der Waals surface area contributed by atoms with E-state index in [1.54, 1.807) is 6.08 Å². The van der Waals surface area contributed by atoms with Crippen LogP contribution in [0.15, 0.2) is 24.0 Å². The summed E-state index contributed by atoms with van der Waals surface area (Å²) in [5.74, 6) is 0.991. The smallest absolute Gasteiger partial charge is 0.114 e. The van der Waals surface area contributed by atoms with Crippen molar-refractivity contribution in [3.63, 3.8) is 0 Å². The van der Waals surface area contributed by atoms with Crippen molar-refractivity contribution in [3.05, 3.63) is 40.6 Å². The zero-order valence-electron chi connectivity index (χ0n) is 10.0. The van der Waals surface area contributed by atoms with E-state index >= 15 is 0 Å². The van der Waals surface area contributed by atoms with Crippen LogP contribution in [0.25, 0.3) is 6.08 Å². The third-order valence-electron chi connectivity index (χ3n) is 4.14. The minimum atomic E-state index is -0.312. The van der Waals surface area contributed by atoms with Gasteiger partial charge in [-0.15, -0.1) is 0 Å². The van der Waals surface area contributed by atoms with E-state index < -0.39 is 0 Å². The summed E-state index contributed by atoms with van der Waals surface area (Å²) < 4.78 is 0. The van der Waals surface area contributed by atoms with Crippen LogP contribution in [0.4, 0.5) is 0 Å². The van der Waals surface area contributed by atoms with Crippen LogP contribution >= 0.6 is 0 Å². The van der Waals surface area contributed by atoms with E-state index in [1.165, 1.54) is 37.7 Å². The molecule has 3 N–H and O–H groups in total. The van der Waals surface area contributed by atoms with Crippen molar-refractivity contribution in [2.45, 2.75) is 44.1 Å². The van der Waals surface area contributed by atoms with E-state index in [0.717, 1.165) is 11.1 Å². The summed E-state index contributed by atoms with van der Waals surface area (Å²) in [5, 5.41) is 9.66. The van der Waals surface area contributed by atoms with Gasteiger partial charge in [0.15, 0.2) is 0 Å². The molecule has 1 aromatic carbocycles. The monoisotopic (exact) mass is 229 g/mol. The van der Waals surface area contributed by atoms with E-state index in [0.29, 0.717) is 11.7 Å². The van der Waals surface area contributed by atoms with Crippen molar-refractivity contribution in [1.82, 2.24) is 0 Å². The number of aliphatic hydroxyl groups excluding tert-OH is 1. The fourth-order valence-corrected chi connectivity index (χ4v) is 3.09. The van der Waals surface area contributed by atoms with E-state index in [1.807, 2.05) is 0 Å². The van der Waals surface area contributed by atoms with Gasteiger partial charge in [0.1, 0.15) is 5.76 Å². The number of benzene rings is 1. The highest BCUT2D eigenvalue weighted by atomic mass is 16.3. The van der Waals surface area contributed by atoms with Crippen LogP contribution in [0.5, 0.6) is 0 Å². The van der Waals surface area contributed by atoms with Crippen LogP contribution in [0.3, 0.4) is 0 Å². The molecule has 1 fully saturated rings. The Kier molecular flexibility index (Phi) is 2.67. The fourth-order valence-electron chi connectivity index (χ4n) is 3.09. The molecule has 2 aliphatic carbocycles. The molecule has 0 unspecified atom stereocenters. The molecule has 17 heavy (non-hydrogen) atoms. The van der Waals surface area contributed by atoms with Crippen LogP contribution in [-0.2, 0) is 0 Å². The molecule has 0 heterocycles. The van der Waals surface area contributed by atoms with E-state index in [2.05, 4.69) is 18.2 Å². The maximum absolute atomic E-state index is 9.66. The zero-order chi connectivity index (χ0) is 11.8. The van der Waals surface area contributed by atoms with Crippen molar-refractivity contribution in [2.24, 2.45) is 5.73 Å². The molecule has 90 valence electrons. The largest absolute Gasteiger partial charge is 0.510 e. The molecule has 3 rings (SSSR count). The molecule has 2 nitrogen and oxygen atoms in total. The average molecular weight is 229 g/mol. The number of fused-ring (bicyclic) bond motifs is 1. The second-order valence-electron chi connectivity index (χ2n) is 5.27. The summed E-state index contributed by atoms with van der Waals surface area (Å²) in [6.07, 6.45) is 8.45. The minimum absolute atomic E-state index is 0.292. The van der Waals surface area contributed by atoms with Crippen molar-refractivity contribution < 1.29 is 5.11 Å². The van der Waals surface area contributed by atoms with E-state index in [9.17, 15) is 5.11 Å². The summed E-state index contributed by atoms with van der Waals surface area (Å²) in [7, 11) is 0. The predicted molar refractivity (Wildman–Crippen MR) is 69.8 cm³/mol. The Morgan fingerprint density at radius 1 is 1.12 bits per heavy atom. The summed E-state index contributed by atoms with van der Waals surface area (Å²) in [4.78, 5) is 0. The lowest BCUT2D eigenvalue weighted by molar-refractivity contribution is 0.380. The van der Waals surface area contributed by atoms with Gasteiger partial charge in [-0.3, -0.25) is 0 Å². The second kappa shape index (κ2) is 4.19. The predicted octanol–water partition coefficient (Wildman–Crippen LogP) is 3.65. The fraction of sp³-hybridized carbons (Fsp3) is 0.467. The molecule has 0 bridgehead atoms. The first-order valence-corrected chi connectivity index (χ1v) is 6.55. The summed E-state index contributed by atoms with van der Waals surface area (Å²) in [5.41, 5.74) is 9.54. The SMILES string of the molecule is N[C@H]1C(O)=Cc2ccc(C3CCCCC3)cc21. The van der Waals surface area contributed by atoms with Gasteiger partial charge in [-0.25, -0.2) is 0 Å². The highest BCUT2D eigenvalue weighted by Crippen LogP contribution is 2.37. The summed E-state index contributed by atoms with van der Waals surface area (Å²) >= 11 is 0. The topological polar surface area (TPSA) is 46.2 Å². The highest BCUT2D eigenvalue weighted by molar-refractivity contribution is 5.64. The molecule has 1 aromatic rings. The minimum Gasteiger partial charge on any atom is -0.510 e. The number of rotatable bonds is 1. The van der Waals surface area contributed by atoms with Crippen molar-refractivity contribution in [2.75, 3.05) is 0 Å². The van der Waals surface area contributed by atoms with Gasteiger partial charge in [-0.2, -0.15) is 0 Å². The number of hydrogen-bond donors (Lipinski definition) is 2. The Morgan fingerprint density at radius 3 is 2.65 bits per heavy atom. The van der Waals surface area contributed by atoms with Crippen LogP contribution in [0.2, 0.25) is 0 Å². The molecular weight excluding hydrogens is 210 g/mol. The van der Waals surface area contributed by atoms with Crippen LogP contribution in [0, 0.1) is 0 Å². The molecule has 0 radical (unpaired) electrons. The summed E-state index contributed by atoms with van der Waals surface area (Å²) in [6.45, 7) is 0. The quantitative estimate of drug-likeness (QED) is 0.772. The van der Waals surface area contributed by atoms with Gasteiger partial charge in [0.25, 0.3) is 0 Å². The molecule has 0 amide bonds. The second-order valence-corrected chi connectivity index (χ2v) is 5.27. The third-order valence-corrected chi connectivity index (χ3v) is 4.14. The maximum Gasteiger partial charge on any atom is 0.114 e. The van der Waals surface area contributed by atoms with Gasteiger partial charge < -0.3 is 10.8 Å². The molecule has 1 saturated carbocycles. The molecule has 1 atom stereocenters. The maximum atomic E-state index is 9.66. The van der Waals surface area contributed by atoms with Gasteiger partial charge in [-0.05, 0) is 41.5 Å². The van der Waals surface area contributed by atoms with E-state index in [4.69, 9.17) is 5.73 Å². The highest BCUT2D eigenvalue weighted by Gasteiger charge is 2.23. The average Bonchev–Trinajstić information content (AvgIpc) is 2.66. The van der Waals surface area contributed by atoms with Gasteiger partial charge in [0.05, 0.1) is 6.04 Å². The Morgan fingerprint density at radius 2 is 1.88 bits per heavy atom. The molecule has 0 spiro atoms. The van der Waals surface area contributed by atoms with Crippen LogP contribution in [-0.4, -0.2) is 5.11 Å². The van der Waals surface area contributed by atoms with Crippen LogP contribution < -0.4 is 5.73 Å². The number of aliphatic hydroxyl groups is 1. The third kappa shape index (κ3) is 1.87. The first-order chi connectivity index (χ1) is 8.25. The first kappa shape index (κ1) is 10.8. The lowest BCUT2D eigenvalue weighted by atomic mass is 9.83. The van der Waals surface area contributed by atoms with E-state index in [-0.39, 0.29) is 6.04 Å². The molecule has 0 saturated heterocycles. The Hall–Kier alpha value is -1.28. The molecular formula is C15H19NO. The van der Waals surface area contributed by atoms with Crippen molar-refractivity contribution in [1.29, 1.82) is 0 Å². The van der Waals surface area contributed by atoms with Crippen molar-refractivity contribution >= 4 is 6.08 Å². The van der Waals surface area contributed by atoms with Crippen molar-refractivity contribution in [3.8, 4) is 0 Å². The lowest BCUT2D eigenvalue weighted by Gasteiger charge is -2.23. The molecule has 2 heteroatoms. The molecule has 2 aliphatic rings. The lowest BCUT2D eigenvalue weighted by Crippen LogP contribution is -2.11. The molecule has 0 aromatic heterocycles. The number of nitrogens with two attached hydrogens (primary N) is 1. The first-order valence-electron chi connectivity index (χ1n) is 6.55. The number of hydrogen-bond acceptors (Lipinski definition) is 2. The standard InChI is InChI=1S/C15H19NO/c16-15-13-8-11(10-4-2-1-3-5-10)6-7-12(13)9-14(15)17/h6-10,15,17H,1-5,16H2/t15-/m1/s1. The Bertz CT molecular complexity index is 458. The summed E-state index contributed by atoms with van der Waals surface area (Å²) in [6, 6.07) is 6.20. The van der Waals surface area contributed by atoms with Gasteiger partial charge in [0, 0.05) is 0 Å². The normalized spacial score (nSPS) is 24.5. The Balaban J connectivity index is 1.90. The van der Waals surface area contributed by atoms with Crippen LogP contribution in [0.1, 0.15) is 60.8 Å². The van der Waals surface area contributed by atoms with Gasteiger partial charge in [-0.1, -0.05) is 37.5 Å². The molecule has 0 aliphatic heterocycles.